The van der Waals surface area contributed by atoms with Crippen LogP contribution in [0.25, 0.3) is 0 Å². The standard InChI is InChI=1S/C15H14ClFN2O3/c1-21-14-6-9(15(20)19-18)3-5-13(14)22-8-10-2-4-11(17)7-12(10)16/h2-7H,8,18H2,1H3,(H,19,20). The summed E-state index contributed by atoms with van der Waals surface area (Å²) < 4.78 is 23.8. The maximum Gasteiger partial charge on any atom is 0.265 e. The lowest BCUT2D eigenvalue weighted by Crippen LogP contribution is -2.29. The van der Waals surface area contributed by atoms with E-state index in [0.717, 1.165) is 0 Å². The zero-order chi connectivity index (χ0) is 16.1. The molecule has 0 saturated carbocycles. The second kappa shape index (κ2) is 7.11. The van der Waals surface area contributed by atoms with E-state index < -0.39 is 11.7 Å². The van der Waals surface area contributed by atoms with Gasteiger partial charge in [-0.3, -0.25) is 10.2 Å². The van der Waals surface area contributed by atoms with E-state index in [2.05, 4.69) is 0 Å². The van der Waals surface area contributed by atoms with Crippen molar-refractivity contribution in [2.24, 2.45) is 5.84 Å². The lowest BCUT2D eigenvalue weighted by atomic mass is 10.2. The van der Waals surface area contributed by atoms with Crippen molar-refractivity contribution in [2.75, 3.05) is 7.11 Å². The van der Waals surface area contributed by atoms with Crippen LogP contribution in [0.15, 0.2) is 36.4 Å². The number of hydrogen-bond donors (Lipinski definition) is 2. The Labute approximate surface area is 131 Å². The zero-order valence-corrected chi connectivity index (χ0v) is 12.5. The highest BCUT2D eigenvalue weighted by molar-refractivity contribution is 6.31. The normalized spacial score (nSPS) is 10.2. The number of carbonyl (C=O) groups is 1. The molecule has 0 heterocycles. The summed E-state index contributed by atoms with van der Waals surface area (Å²) in [5.41, 5.74) is 3.01. The van der Waals surface area contributed by atoms with Gasteiger partial charge in [-0.1, -0.05) is 17.7 Å². The molecule has 2 aromatic carbocycles. The van der Waals surface area contributed by atoms with E-state index in [0.29, 0.717) is 22.6 Å². The molecule has 3 N–H and O–H groups in total. The van der Waals surface area contributed by atoms with E-state index in [1.807, 2.05) is 5.43 Å². The maximum absolute atomic E-state index is 13.0. The molecule has 0 bridgehead atoms. The average molecular weight is 325 g/mol. The summed E-state index contributed by atoms with van der Waals surface area (Å²) in [7, 11) is 1.46. The maximum atomic E-state index is 13.0. The van der Waals surface area contributed by atoms with Gasteiger partial charge in [0, 0.05) is 11.1 Å². The van der Waals surface area contributed by atoms with Gasteiger partial charge in [0.1, 0.15) is 12.4 Å². The fraction of sp³-hybridized carbons (Fsp3) is 0.133. The average Bonchev–Trinajstić information content (AvgIpc) is 2.53. The third-order valence-corrected chi connectivity index (χ3v) is 3.31. The summed E-state index contributed by atoms with van der Waals surface area (Å²) in [5, 5.41) is 0.276. The number of carbonyl (C=O) groups excluding carboxylic acids is 1. The molecule has 116 valence electrons. The Morgan fingerprint density at radius 1 is 1.27 bits per heavy atom. The molecule has 22 heavy (non-hydrogen) atoms. The Kier molecular flexibility index (Phi) is 5.19. The summed E-state index contributed by atoms with van der Waals surface area (Å²) in [5.74, 6) is 5.03. The fourth-order valence-corrected chi connectivity index (χ4v) is 2.03. The SMILES string of the molecule is COc1cc(C(=O)NN)ccc1OCc1ccc(F)cc1Cl. The monoisotopic (exact) mass is 324 g/mol. The first-order valence-corrected chi connectivity index (χ1v) is 6.68. The van der Waals surface area contributed by atoms with E-state index in [4.69, 9.17) is 26.9 Å². The minimum absolute atomic E-state index is 0.137. The van der Waals surface area contributed by atoms with Gasteiger partial charge in [-0.05, 0) is 30.3 Å². The number of amides is 1. The van der Waals surface area contributed by atoms with Gasteiger partial charge in [0.25, 0.3) is 5.91 Å². The Balaban J connectivity index is 2.17. The highest BCUT2D eigenvalue weighted by Crippen LogP contribution is 2.29. The second-order valence-corrected chi connectivity index (χ2v) is 4.77. The first-order chi connectivity index (χ1) is 10.5. The van der Waals surface area contributed by atoms with Crippen LogP contribution in [0.5, 0.6) is 11.5 Å². The number of nitrogens with two attached hydrogens (primary N) is 1. The minimum Gasteiger partial charge on any atom is -0.493 e. The topological polar surface area (TPSA) is 73.6 Å². The van der Waals surface area contributed by atoms with Crippen molar-refractivity contribution in [3.05, 3.63) is 58.4 Å². The molecule has 0 spiro atoms. The van der Waals surface area contributed by atoms with Crippen LogP contribution in [0, 0.1) is 5.82 Å². The Hall–Kier alpha value is -2.31. The molecule has 0 aliphatic carbocycles. The van der Waals surface area contributed by atoms with Gasteiger partial charge in [0.15, 0.2) is 11.5 Å². The molecule has 7 heteroatoms. The summed E-state index contributed by atoms with van der Waals surface area (Å²) in [6.07, 6.45) is 0. The number of methoxy groups -OCH3 is 1. The quantitative estimate of drug-likeness (QED) is 0.504. The number of hydrogen-bond acceptors (Lipinski definition) is 4. The van der Waals surface area contributed by atoms with Crippen molar-refractivity contribution in [3.63, 3.8) is 0 Å². The Bertz CT molecular complexity index is 694. The molecule has 0 aliphatic rings. The third-order valence-electron chi connectivity index (χ3n) is 2.96. The molecule has 0 atom stereocenters. The summed E-state index contributed by atoms with van der Waals surface area (Å²) in [6, 6.07) is 8.69. The van der Waals surface area contributed by atoms with Crippen LogP contribution in [0.2, 0.25) is 5.02 Å². The zero-order valence-electron chi connectivity index (χ0n) is 11.7. The number of halogens is 2. The number of ether oxygens (including phenoxy) is 2. The first kappa shape index (κ1) is 16.1. The van der Waals surface area contributed by atoms with Gasteiger partial charge in [0.2, 0.25) is 0 Å². The van der Waals surface area contributed by atoms with Crippen molar-refractivity contribution in [1.82, 2.24) is 5.43 Å². The first-order valence-electron chi connectivity index (χ1n) is 6.31. The molecular weight excluding hydrogens is 311 g/mol. The predicted octanol–water partition coefficient (Wildman–Crippen LogP) is 2.67. The smallest absolute Gasteiger partial charge is 0.265 e. The van der Waals surface area contributed by atoms with Gasteiger partial charge < -0.3 is 9.47 Å². The van der Waals surface area contributed by atoms with Crippen LogP contribution in [-0.2, 0) is 6.61 Å². The van der Waals surface area contributed by atoms with Crippen LogP contribution in [0.4, 0.5) is 4.39 Å². The van der Waals surface area contributed by atoms with Gasteiger partial charge >= 0.3 is 0 Å². The van der Waals surface area contributed by atoms with E-state index >= 15 is 0 Å². The Morgan fingerprint density at radius 2 is 2.05 bits per heavy atom. The van der Waals surface area contributed by atoms with Gasteiger partial charge in [-0.25, -0.2) is 10.2 Å². The number of benzene rings is 2. The molecular formula is C15H14ClFN2O3. The predicted molar refractivity (Wildman–Crippen MR) is 80.4 cm³/mol. The summed E-state index contributed by atoms with van der Waals surface area (Å²) >= 11 is 5.94. The van der Waals surface area contributed by atoms with Gasteiger partial charge in [-0.2, -0.15) is 0 Å². The lowest BCUT2D eigenvalue weighted by Gasteiger charge is -2.12. The molecule has 0 aromatic heterocycles. The molecule has 1 amide bonds. The van der Waals surface area contributed by atoms with Crippen LogP contribution >= 0.6 is 11.6 Å². The van der Waals surface area contributed by atoms with Crippen molar-refractivity contribution in [3.8, 4) is 11.5 Å². The molecule has 2 aromatic rings. The van der Waals surface area contributed by atoms with Gasteiger partial charge in [-0.15, -0.1) is 0 Å². The molecule has 2 rings (SSSR count). The molecule has 0 unspecified atom stereocenters. The van der Waals surface area contributed by atoms with Gasteiger partial charge in [0.05, 0.1) is 12.1 Å². The highest BCUT2D eigenvalue weighted by Gasteiger charge is 2.11. The molecule has 0 fully saturated rings. The van der Waals surface area contributed by atoms with Crippen LogP contribution < -0.4 is 20.7 Å². The van der Waals surface area contributed by atoms with E-state index in [1.165, 1.54) is 25.3 Å². The molecule has 0 aliphatic heterocycles. The molecule has 5 nitrogen and oxygen atoms in total. The van der Waals surface area contributed by atoms with E-state index in [9.17, 15) is 9.18 Å². The molecule has 0 radical (unpaired) electrons. The van der Waals surface area contributed by atoms with E-state index in [-0.39, 0.29) is 11.6 Å². The van der Waals surface area contributed by atoms with Crippen molar-refractivity contribution in [2.45, 2.75) is 6.61 Å². The summed E-state index contributed by atoms with van der Waals surface area (Å²) in [4.78, 5) is 11.5. The summed E-state index contributed by atoms with van der Waals surface area (Å²) in [6.45, 7) is 0.137. The van der Waals surface area contributed by atoms with Crippen molar-refractivity contribution < 1.29 is 18.7 Å². The third kappa shape index (κ3) is 3.66. The fourth-order valence-electron chi connectivity index (χ4n) is 1.81. The number of nitrogen functional groups attached to an aromatic ring is 1. The van der Waals surface area contributed by atoms with E-state index in [1.54, 1.807) is 18.2 Å². The Morgan fingerprint density at radius 3 is 2.68 bits per heavy atom. The minimum atomic E-state index is -0.438. The van der Waals surface area contributed by atoms with Crippen molar-refractivity contribution >= 4 is 17.5 Å². The highest BCUT2D eigenvalue weighted by atomic mass is 35.5. The van der Waals surface area contributed by atoms with Crippen LogP contribution in [0.3, 0.4) is 0 Å². The lowest BCUT2D eigenvalue weighted by molar-refractivity contribution is 0.0953. The molecule has 0 saturated heterocycles. The number of hydrazine groups is 1. The largest absolute Gasteiger partial charge is 0.493 e. The van der Waals surface area contributed by atoms with Crippen LogP contribution in [-0.4, -0.2) is 13.0 Å². The van der Waals surface area contributed by atoms with Crippen molar-refractivity contribution in [1.29, 1.82) is 0 Å². The number of nitrogens with one attached hydrogen (secondary N) is 1. The number of rotatable bonds is 5. The second-order valence-electron chi connectivity index (χ2n) is 4.36. The van der Waals surface area contributed by atoms with Crippen LogP contribution in [0.1, 0.15) is 15.9 Å².